The first-order chi connectivity index (χ1) is 14.5. The number of hydrogen-bond acceptors (Lipinski definition) is 7. The third-order valence-electron chi connectivity index (χ3n) is 5.54. The van der Waals surface area contributed by atoms with Crippen LogP contribution in [-0.2, 0) is 30.5 Å². The number of allylic oxidation sites excluding steroid dienone is 2. The highest BCUT2D eigenvalue weighted by molar-refractivity contribution is 6.08. The Bertz CT molecular complexity index is 900. The minimum absolute atomic E-state index is 0.166. The normalized spacial score (nSPS) is 22.6. The lowest BCUT2D eigenvalue weighted by Gasteiger charge is -2.21. The van der Waals surface area contributed by atoms with Gasteiger partial charge in [-0.1, -0.05) is 18.2 Å². The highest BCUT2D eigenvalue weighted by Crippen LogP contribution is 2.36. The molecular weight excluding hydrogens is 392 g/mol. The first kappa shape index (κ1) is 19.9. The van der Waals surface area contributed by atoms with Crippen LogP contribution in [0.4, 0.5) is 0 Å². The van der Waals surface area contributed by atoms with Crippen LogP contribution in [0.2, 0.25) is 0 Å². The van der Waals surface area contributed by atoms with Gasteiger partial charge in [0.2, 0.25) is 18.6 Å². The minimum atomic E-state index is -1.07. The maximum atomic E-state index is 12.5. The average molecular weight is 414 g/mol. The number of benzene rings is 1. The average Bonchev–Trinajstić information content (AvgIpc) is 3.32. The smallest absolute Gasteiger partial charge is 0.329 e. The molecule has 3 atom stereocenters. The van der Waals surface area contributed by atoms with Crippen molar-refractivity contribution in [2.45, 2.75) is 32.4 Å². The van der Waals surface area contributed by atoms with Crippen molar-refractivity contribution in [3.05, 3.63) is 35.9 Å². The molecule has 3 aliphatic rings. The van der Waals surface area contributed by atoms with E-state index in [4.69, 9.17) is 14.2 Å². The van der Waals surface area contributed by atoms with Crippen molar-refractivity contribution in [2.24, 2.45) is 11.8 Å². The van der Waals surface area contributed by atoms with E-state index in [1.165, 1.54) is 6.92 Å². The molecule has 30 heavy (non-hydrogen) atoms. The zero-order valence-corrected chi connectivity index (χ0v) is 16.5. The Balaban J connectivity index is 1.26. The predicted octanol–water partition coefficient (Wildman–Crippen LogP) is 0.914. The number of rotatable bonds is 6. The molecule has 9 heteroatoms. The molecule has 1 aliphatic carbocycles. The summed E-state index contributed by atoms with van der Waals surface area (Å²) >= 11 is 0. The predicted molar refractivity (Wildman–Crippen MR) is 102 cm³/mol. The van der Waals surface area contributed by atoms with Crippen molar-refractivity contribution in [1.82, 2.24) is 10.2 Å². The SMILES string of the molecule is C[C@@H](C(=O)OCC(=O)NCc1ccc2c(c1)OCO2)N1C(=O)[C@H]2CC=CC[C@@H]2C1=O. The molecule has 0 saturated carbocycles. The number of imide groups is 1. The van der Waals surface area contributed by atoms with Crippen LogP contribution in [0.3, 0.4) is 0 Å². The molecule has 1 N–H and O–H groups in total. The monoisotopic (exact) mass is 414 g/mol. The van der Waals surface area contributed by atoms with E-state index in [1.807, 2.05) is 12.2 Å². The Kier molecular flexibility index (Phi) is 5.43. The third-order valence-corrected chi connectivity index (χ3v) is 5.54. The molecule has 0 radical (unpaired) electrons. The van der Waals surface area contributed by atoms with Crippen LogP contribution in [-0.4, -0.2) is 48.0 Å². The van der Waals surface area contributed by atoms with Gasteiger partial charge in [-0.2, -0.15) is 0 Å². The number of hydrogen-bond donors (Lipinski definition) is 1. The van der Waals surface area contributed by atoms with E-state index in [2.05, 4.69) is 5.32 Å². The lowest BCUT2D eigenvalue weighted by atomic mass is 9.85. The van der Waals surface area contributed by atoms with Gasteiger partial charge < -0.3 is 19.5 Å². The van der Waals surface area contributed by atoms with Crippen LogP contribution < -0.4 is 14.8 Å². The summed E-state index contributed by atoms with van der Waals surface area (Å²) in [5.74, 6) is -1.57. The van der Waals surface area contributed by atoms with Crippen molar-refractivity contribution >= 4 is 23.7 Å². The van der Waals surface area contributed by atoms with E-state index in [9.17, 15) is 19.2 Å². The van der Waals surface area contributed by atoms with Gasteiger partial charge in [-0.25, -0.2) is 4.79 Å². The van der Waals surface area contributed by atoms with Gasteiger partial charge in [0.1, 0.15) is 6.04 Å². The molecule has 0 spiro atoms. The van der Waals surface area contributed by atoms with E-state index in [0.717, 1.165) is 10.5 Å². The topological polar surface area (TPSA) is 111 Å². The summed E-state index contributed by atoms with van der Waals surface area (Å²) in [5, 5.41) is 2.64. The molecular formula is C21H22N2O7. The number of nitrogens with one attached hydrogen (secondary N) is 1. The number of fused-ring (bicyclic) bond motifs is 2. The first-order valence-corrected chi connectivity index (χ1v) is 9.79. The van der Waals surface area contributed by atoms with Crippen LogP contribution in [0.1, 0.15) is 25.3 Å². The minimum Gasteiger partial charge on any atom is -0.454 e. The largest absolute Gasteiger partial charge is 0.454 e. The number of ether oxygens (including phenoxy) is 3. The molecule has 1 saturated heterocycles. The molecule has 9 nitrogen and oxygen atoms in total. The second-order valence-corrected chi connectivity index (χ2v) is 7.45. The van der Waals surface area contributed by atoms with Gasteiger partial charge in [-0.15, -0.1) is 0 Å². The van der Waals surface area contributed by atoms with Gasteiger partial charge in [0.15, 0.2) is 18.1 Å². The Hall–Kier alpha value is -3.36. The van der Waals surface area contributed by atoms with Gasteiger partial charge in [0, 0.05) is 6.54 Å². The molecule has 1 aromatic rings. The molecule has 1 fully saturated rings. The van der Waals surface area contributed by atoms with Gasteiger partial charge in [0.05, 0.1) is 11.8 Å². The van der Waals surface area contributed by atoms with Crippen molar-refractivity contribution in [1.29, 1.82) is 0 Å². The summed E-state index contributed by atoms with van der Waals surface area (Å²) in [6.45, 7) is 1.33. The van der Waals surface area contributed by atoms with Crippen LogP contribution in [0.5, 0.6) is 11.5 Å². The molecule has 0 aromatic heterocycles. The lowest BCUT2D eigenvalue weighted by Crippen LogP contribution is -2.45. The van der Waals surface area contributed by atoms with Crippen LogP contribution in [0.15, 0.2) is 30.4 Å². The van der Waals surface area contributed by atoms with E-state index < -0.39 is 36.4 Å². The van der Waals surface area contributed by atoms with Gasteiger partial charge in [0.25, 0.3) is 5.91 Å². The van der Waals surface area contributed by atoms with E-state index in [-0.39, 0.29) is 25.2 Å². The van der Waals surface area contributed by atoms with Crippen molar-refractivity contribution < 1.29 is 33.4 Å². The summed E-state index contributed by atoms with van der Waals surface area (Å²) in [5.41, 5.74) is 0.803. The Morgan fingerprint density at radius 2 is 1.80 bits per heavy atom. The Morgan fingerprint density at radius 3 is 2.50 bits per heavy atom. The molecule has 2 heterocycles. The van der Waals surface area contributed by atoms with E-state index >= 15 is 0 Å². The van der Waals surface area contributed by atoms with Gasteiger partial charge in [-0.05, 0) is 37.5 Å². The second kappa shape index (κ2) is 8.17. The lowest BCUT2D eigenvalue weighted by molar-refractivity contribution is -0.159. The van der Waals surface area contributed by atoms with Crippen molar-refractivity contribution in [3.63, 3.8) is 0 Å². The highest BCUT2D eigenvalue weighted by Gasteiger charge is 2.50. The summed E-state index contributed by atoms with van der Waals surface area (Å²) in [6, 6.07) is 4.23. The number of carbonyl (C=O) groups excluding carboxylic acids is 4. The van der Waals surface area contributed by atoms with Crippen molar-refractivity contribution in [3.8, 4) is 11.5 Å². The van der Waals surface area contributed by atoms with E-state index in [0.29, 0.717) is 24.3 Å². The van der Waals surface area contributed by atoms with Crippen molar-refractivity contribution in [2.75, 3.05) is 13.4 Å². The number of amides is 3. The summed E-state index contributed by atoms with van der Waals surface area (Å²) in [6.07, 6.45) is 4.75. The third kappa shape index (κ3) is 3.74. The number of carbonyl (C=O) groups is 4. The Morgan fingerprint density at radius 1 is 1.13 bits per heavy atom. The maximum absolute atomic E-state index is 12.5. The highest BCUT2D eigenvalue weighted by atomic mass is 16.7. The first-order valence-electron chi connectivity index (χ1n) is 9.79. The standard InChI is InChI=1S/C21H22N2O7/c1-12(23-19(25)14-4-2-3-5-15(14)20(23)26)21(27)28-10-18(24)22-9-13-6-7-16-17(8-13)30-11-29-16/h2-3,6-8,12,14-15H,4-5,9-11H2,1H3,(H,22,24)/t12-,14-,15-/m0/s1. The molecule has 3 amide bonds. The van der Waals surface area contributed by atoms with Crippen LogP contribution in [0.25, 0.3) is 0 Å². The molecule has 0 bridgehead atoms. The zero-order chi connectivity index (χ0) is 21.3. The molecule has 2 aliphatic heterocycles. The number of nitrogens with zero attached hydrogens (tertiary/aromatic N) is 1. The fraction of sp³-hybridized carbons (Fsp3) is 0.429. The molecule has 158 valence electrons. The second-order valence-electron chi connectivity index (χ2n) is 7.45. The fourth-order valence-corrected chi connectivity index (χ4v) is 3.87. The fourth-order valence-electron chi connectivity index (χ4n) is 3.87. The summed E-state index contributed by atoms with van der Waals surface area (Å²) in [4.78, 5) is 50.4. The maximum Gasteiger partial charge on any atom is 0.329 e. The van der Waals surface area contributed by atoms with Crippen LogP contribution >= 0.6 is 0 Å². The molecule has 1 aromatic carbocycles. The zero-order valence-electron chi connectivity index (χ0n) is 16.5. The quantitative estimate of drug-likeness (QED) is 0.418. The van der Waals surface area contributed by atoms with Gasteiger partial charge in [-0.3, -0.25) is 19.3 Å². The van der Waals surface area contributed by atoms with E-state index in [1.54, 1.807) is 18.2 Å². The summed E-state index contributed by atoms with van der Waals surface area (Å²) < 4.78 is 15.5. The Labute approximate surface area is 172 Å². The van der Waals surface area contributed by atoms with Crippen LogP contribution in [0, 0.1) is 11.8 Å². The molecule has 0 unspecified atom stereocenters. The summed E-state index contributed by atoms with van der Waals surface area (Å²) in [7, 11) is 0. The number of esters is 1. The van der Waals surface area contributed by atoms with Gasteiger partial charge >= 0.3 is 5.97 Å². The molecule has 4 rings (SSSR count). The number of likely N-dealkylation sites (tertiary alicyclic amines) is 1.